The van der Waals surface area contributed by atoms with Crippen LogP contribution in [0.15, 0.2) is 42.5 Å². The molecule has 8 nitrogen and oxygen atoms in total. The first kappa shape index (κ1) is 15.1. The molecule has 0 fully saturated rings. The fraction of sp³-hybridized carbons (Fsp3) is 0.0714. The molecule has 2 aromatic rings. The number of carboxylic acids is 1. The molecule has 2 aromatic carbocycles. The van der Waals surface area contributed by atoms with Crippen molar-refractivity contribution in [1.29, 1.82) is 0 Å². The first-order valence-corrected chi connectivity index (χ1v) is 6.12. The molecule has 0 amide bonds. The molecule has 0 aromatic heterocycles. The smallest absolute Gasteiger partial charge is 0.335 e. The number of nitro benzene ring substituents is 2. The average molecular weight is 302 g/mol. The molecule has 0 saturated heterocycles. The van der Waals surface area contributed by atoms with E-state index in [1.165, 1.54) is 24.3 Å². The van der Waals surface area contributed by atoms with Crippen LogP contribution in [0.5, 0.6) is 0 Å². The lowest BCUT2D eigenvalue weighted by Crippen LogP contribution is -1.98. The number of non-ortho nitro benzene ring substituents is 2. The van der Waals surface area contributed by atoms with E-state index >= 15 is 0 Å². The van der Waals surface area contributed by atoms with E-state index in [0.29, 0.717) is 11.1 Å². The number of nitro groups is 2. The van der Waals surface area contributed by atoms with Gasteiger partial charge in [-0.3, -0.25) is 20.2 Å². The van der Waals surface area contributed by atoms with Crippen molar-refractivity contribution in [3.05, 3.63) is 79.4 Å². The Hall–Kier alpha value is -3.29. The van der Waals surface area contributed by atoms with Gasteiger partial charge in [0, 0.05) is 12.1 Å². The highest BCUT2D eigenvalue weighted by Gasteiger charge is 2.16. The zero-order valence-electron chi connectivity index (χ0n) is 11.1. The Morgan fingerprint density at radius 2 is 1.41 bits per heavy atom. The monoisotopic (exact) mass is 302 g/mol. The van der Waals surface area contributed by atoms with E-state index in [9.17, 15) is 25.0 Å². The van der Waals surface area contributed by atoms with Crippen LogP contribution in [0.2, 0.25) is 0 Å². The molecule has 0 heterocycles. The second kappa shape index (κ2) is 6.00. The summed E-state index contributed by atoms with van der Waals surface area (Å²) in [5.41, 5.74) is 0.509. The standard InChI is InChI=1S/C14H10N2O6/c17-14(18)11-3-1-9(2-4-11)5-10-6-12(15(19)20)8-13(7-10)16(21)22/h1-4,6-8H,5H2,(H,17,18). The van der Waals surface area contributed by atoms with E-state index in [-0.39, 0.29) is 23.4 Å². The summed E-state index contributed by atoms with van der Waals surface area (Å²) < 4.78 is 0. The fourth-order valence-corrected chi connectivity index (χ4v) is 1.97. The largest absolute Gasteiger partial charge is 0.478 e. The fourth-order valence-electron chi connectivity index (χ4n) is 1.97. The molecule has 0 aliphatic carbocycles. The highest BCUT2D eigenvalue weighted by atomic mass is 16.6. The number of carboxylic acid groups (broad SMARTS) is 1. The normalized spacial score (nSPS) is 10.2. The summed E-state index contributed by atoms with van der Waals surface area (Å²) in [5, 5.41) is 30.4. The molecule has 0 bridgehead atoms. The third-order valence-corrected chi connectivity index (χ3v) is 2.99. The van der Waals surface area contributed by atoms with Gasteiger partial charge in [0.2, 0.25) is 0 Å². The van der Waals surface area contributed by atoms with Crippen LogP contribution >= 0.6 is 0 Å². The molecule has 0 unspecified atom stereocenters. The maximum absolute atomic E-state index is 10.8. The maximum atomic E-state index is 10.8. The topological polar surface area (TPSA) is 124 Å². The van der Waals surface area contributed by atoms with Gasteiger partial charge in [-0.15, -0.1) is 0 Å². The Labute approximate surface area is 123 Å². The maximum Gasteiger partial charge on any atom is 0.335 e. The van der Waals surface area contributed by atoms with E-state index in [2.05, 4.69) is 0 Å². The first-order valence-electron chi connectivity index (χ1n) is 6.12. The molecule has 0 aliphatic heterocycles. The molecule has 1 N–H and O–H groups in total. The summed E-state index contributed by atoms with van der Waals surface area (Å²) in [6.45, 7) is 0. The van der Waals surface area contributed by atoms with Crippen molar-refractivity contribution in [2.24, 2.45) is 0 Å². The molecule has 8 heteroatoms. The molecule has 0 saturated carbocycles. The lowest BCUT2D eigenvalue weighted by molar-refractivity contribution is -0.394. The van der Waals surface area contributed by atoms with Crippen LogP contribution in [-0.2, 0) is 6.42 Å². The van der Waals surface area contributed by atoms with Crippen molar-refractivity contribution in [1.82, 2.24) is 0 Å². The summed E-state index contributed by atoms with van der Waals surface area (Å²) in [4.78, 5) is 31.0. The summed E-state index contributed by atoms with van der Waals surface area (Å²) in [6.07, 6.45) is 0.225. The number of benzene rings is 2. The van der Waals surface area contributed by atoms with Crippen molar-refractivity contribution in [3.8, 4) is 0 Å². The summed E-state index contributed by atoms with van der Waals surface area (Å²) in [7, 11) is 0. The Kier molecular flexibility index (Phi) is 4.12. The van der Waals surface area contributed by atoms with Gasteiger partial charge in [0.05, 0.1) is 21.5 Å². The van der Waals surface area contributed by atoms with E-state index in [1.807, 2.05) is 0 Å². The quantitative estimate of drug-likeness (QED) is 0.669. The number of rotatable bonds is 5. The van der Waals surface area contributed by atoms with Gasteiger partial charge in [-0.25, -0.2) is 4.79 Å². The predicted octanol–water partition coefficient (Wildman–Crippen LogP) is 2.79. The predicted molar refractivity (Wildman–Crippen MR) is 76.0 cm³/mol. The third kappa shape index (κ3) is 3.42. The lowest BCUT2D eigenvalue weighted by Gasteiger charge is -2.03. The molecule has 112 valence electrons. The van der Waals surface area contributed by atoms with E-state index in [1.54, 1.807) is 12.1 Å². The van der Waals surface area contributed by atoms with Crippen molar-refractivity contribution >= 4 is 17.3 Å². The molecular formula is C14H10N2O6. The van der Waals surface area contributed by atoms with Gasteiger partial charge in [0.15, 0.2) is 0 Å². The Balaban J connectivity index is 2.33. The van der Waals surface area contributed by atoms with Crippen LogP contribution in [-0.4, -0.2) is 20.9 Å². The number of carbonyl (C=O) groups is 1. The highest BCUT2D eigenvalue weighted by molar-refractivity contribution is 5.87. The zero-order chi connectivity index (χ0) is 16.3. The van der Waals surface area contributed by atoms with Crippen molar-refractivity contribution in [2.75, 3.05) is 0 Å². The third-order valence-electron chi connectivity index (χ3n) is 2.99. The molecule has 0 aliphatic rings. The van der Waals surface area contributed by atoms with Gasteiger partial charge >= 0.3 is 5.97 Å². The highest BCUT2D eigenvalue weighted by Crippen LogP contribution is 2.24. The molecule has 2 rings (SSSR count). The van der Waals surface area contributed by atoms with Gasteiger partial charge in [0.25, 0.3) is 11.4 Å². The summed E-state index contributed by atoms with van der Waals surface area (Å²) >= 11 is 0. The van der Waals surface area contributed by atoms with Crippen LogP contribution in [0.1, 0.15) is 21.5 Å². The number of hydrogen-bond acceptors (Lipinski definition) is 5. The Morgan fingerprint density at radius 1 is 0.909 bits per heavy atom. The van der Waals surface area contributed by atoms with Crippen LogP contribution < -0.4 is 0 Å². The second-order valence-electron chi connectivity index (χ2n) is 4.55. The summed E-state index contributed by atoms with van der Waals surface area (Å²) in [6, 6.07) is 9.36. The molecule has 22 heavy (non-hydrogen) atoms. The van der Waals surface area contributed by atoms with Crippen LogP contribution in [0.4, 0.5) is 11.4 Å². The van der Waals surface area contributed by atoms with Gasteiger partial charge < -0.3 is 5.11 Å². The van der Waals surface area contributed by atoms with Gasteiger partial charge in [-0.1, -0.05) is 12.1 Å². The zero-order valence-corrected chi connectivity index (χ0v) is 11.1. The molecular weight excluding hydrogens is 292 g/mol. The van der Waals surface area contributed by atoms with Crippen LogP contribution in [0.25, 0.3) is 0 Å². The minimum atomic E-state index is -1.06. The number of hydrogen-bond donors (Lipinski definition) is 1. The van der Waals surface area contributed by atoms with Crippen molar-refractivity contribution in [3.63, 3.8) is 0 Å². The van der Waals surface area contributed by atoms with E-state index < -0.39 is 15.8 Å². The first-order chi connectivity index (χ1) is 10.4. The average Bonchev–Trinajstić information content (AvgIpc) is 2.47. The molecule has 0 radical (unpaired) electrons. The van der Waals surface area contributed by atoms with Gasteiger partial charge in [-0.2, -0.15) is 0 Å². The lowest BCUT2D eigenvalue weighted by atomic mass is 10.0. The van der Waals surface area contributed by atoms with Gasteiger partial charge in [0.1, 0.15) is 0 Å². The number of nitrogens with zero attached hydrogens (tertiary/aromatic N) is 2. The van der Waals surface area contributed by atoms with Crippen LogP contribution in [0.3, 0.4) is 0 Å². The minimum absolute atomic E-state index is 0.119. The second-order valence-corrected chi connectivity index (χ2v) is 4.55. The SMILES string of the molecule is O=C(O)c1ccc(Cc2cc([N+](=O)[O-])cc([N+](=O)[O-])c2)cc1. The van der Waals surface area contributed by atoms with Gasteiger partial charge in [-0.05, 0) is 29.7 Å². The van der Waals surface area contributed by atoms with E-state index in [0.717, 1.165) is 6.07 Å². The Bertz CT molecular complexity index is 722. The van der Waals surface area contributed by atoms with E-state index in [4.69, 9.17) is 5.11 Å². The van der Waals surface area contributed by atoms with Crippen molar-refractivity contribution in [2.45, 2.75) is 6.42 Å². The number of aromatic carboxylic acids is 1. The van der Waals surface area contributed by atoms with Crippen LogP contribution in [0, 0.1) is 20.2 Å². The molecule has 0 atom stereocenters. The minimum Gasteiger partial charge on any atom is -0.478 e. The Morgan fingerprint density at radius 3 is 1.82 bits per heavy atom. The molecule has 0 spiro atoms. The van der Waals surface area contributed by atoms with Crippen molar-refractivity contribution < 1.29 is 19.7 Å². The summed E-state index contributed by atoms with van der Waals surface area (Å²) in [5.74, 6) is -1.06.